The first-order chi connectivity index (χ1) is 12.9. The third-order valence-corrected chi connectivity index (χ3v) is 5.18. The van der Waals surface area contributed by atoms with Crippen LogP contribution in [0.25, 0.3) is 11.3 Å². The van der Waals surface area contributed by atoms with Gasteiger partial charge in [0.25, 0.3) is 0 Å². The topological polar surface area (TPSA) is 72.0 Å². The van der Waals surface area contributed by atoms with E-state index in [-0.39, 0.29) is 6.10 Å². The molecule has 138 valence electrons. The lowest BCUT2D eigenvalue weighted by Crippen LogP contribution is -2.24. The van der Waals surface area contributed by atoms with E-state index in [0.29, 0.717) is 12.0 Å². The minimum absolute atomic E-state index is 0.282. The number of nitrogens with zero attached hydrogens (tertiary/aromatic N) is 3. The summed E-state index contributed by atoms with van der Waals surface area (Å²) in [6.45, 7) is 1.66. The lowest BCUT2D eigenvalue weighted by Gasteiger charge is -2.23. The molecule has 1 saturated heterocycles. The summed E-state index contributed by atoms with van der Waals surface area (Å²) < 4.78 is 5.71. The Kier molecular flexibility index (Phi) is 5.59. The van der Waals surface area contributed by atoms with Gasteiger partial charge in [-0.2, -0.15) is 4.98 Å². The Morgan fingerprint density at radius 1 is 1.00 bits per heavy atom. The molecule has 0 aromatic carbocycles. The summed E-state index contributed by atoms with van der Waals surface area (Å²) in [6.07, 6.45) is 12.4. The van der Waals surface area contributed by atoms with Gasteiger partial charge in [0.1, 0.15) is 5.82 Å². The average molecular weight is 353 g/mol. The molecule has 2 aromatic heterocycles. The summed E-state index contributed by atoms with van der Waals surface area (Å²) in [5.74, 6) is 1.56. The van der Waals surface area contributed by atoms with Crippen LogP contribution in [0.4, 0.5) is 11.8 Å². The Morgan fingerprint density at radius 3 is 2.62 bits per heavy atom. The Hall–Kier alpha value is -2.21. The zero-order chi connectivity index (χ0) is 17.6. The number of hydrogen-bond acceptors (Lipinski definition) is 6. The monoisotopic (exact) mass is 353 g/mol. The summed E-state index contributed by atoms with van der Waals surface area (Å²) >= 11 is 0. The predicted octanol–water partition coefficient (Wildman–Crippen LogP) is 3.87. The van der Waals surface area contributed by atoms with Gasteiger partial charge in [-0.25, -0.2) is 4.98 Å². The fourth-order valence-electron chi connectivity index (χ4n) is 3.73. The highest BCUT2D eigenvalue weighted by Gasteiger charge is 2.17. The fourth-order valence-corrected chi connectivity index (χ4v) is 3.73. The third kappa shape index (κ3) is 4.49. The van der Waals surface area contributed by atoms with Crippen LogP contribution in [0.15, 0.2) is 30.6 Å². The number of aromatic nitrogens is 3. The van der Waals surface area contributed by atoms with Crippen molar-refractivity contribution in [2.24, 2.45) is 0 Å². The van der Waals surface area contributed by atoms with Crippen LogP contribution in [-0.2, 0) is 4.74 Å². The molecule has 2 N–H and O–H groups in total. The SMILES string of the molecule is c1cc(-c2cc(NC[C@H]3CCCO3)nc(NC3CCCCC3)n2)ccn1. The molecule has 1 saturated carbocycles. The van der Waals surface area contributed by atoms with Crippen molar-refractivity contribution >= 4 is 11.8 Å². The first-order valence-corrected chi connectivity index (χ1v) is 9.78. The molecule has 0 spiro atoms. The highest BCUT2D eigenvalue weighted by Crippen LogP contribution is 2.24. The molecular formula is C20H27N5O. The third-order valence-electron chi connectivity index (χ3n) is 5.18. The highest BCUT2D eigenvalue weighted by molar-refractivity contribution is 5.64. The highest BCUT2D eigenvalue weighted by atomic mass is 16.5. The van der Waals surface area contributed by atoms with E-state index in [1.807, 2.05) is 18.2 Å². The van der Waals surface area contributed by atoms with Gasteiger partial charge in [-0.1, -0.05) is 19.3 Å². The zero-order valence-electron chi connectivity index (χ0n) is 15.2. The number of rotatable bonds is 6. The summed E-state index contributed by atoms with van der Waals surface area (Å²) in [4.78, 5) is 13.6. The predicted molar refractivity (Wildman–Crippen MR) is 103 cm³/mol. The largest absolute Gasteiger partial charge is 0.376 e. The van der Waals surface area contributed by atoms with Crippen molar-refractivity contribution in [3.63, 3.8) is 0 Å². The van der Waals surface area contributed by atoms with Crippen LogP contribution in [0.5, 0.6) is 0 Å². The molecule has 0 radical (unpaired) electrons. The Morgan fingerprint density at radius 2 is 1.85 bits per heavy atom. The van der Waals surface area contributed by atoms with Crippen LogP contribution in [0.3, 0.4) is 0 Å². The van der Waals surface area contributed by atoms with Gasteiger partial charge in [-0.3, -0.25) is 4.98 Å². The Labute approximate surface area is 154 Å². The van der Waals surface area contributed by atoms with Crippen molar-refractivity contribution < 1.29 is 4.74 Å². The summed E-state index contributed by atoms with van der Waals surface area (Å²) in [5.41, 5.74) is 1.96. The van der Waals surface area contributed by atoms with Crippen molar-refractivity contribution in [1.82, 2.24) is 15.0 Å². The van der Waals surface area contributed by atoms with E-state index in [0.717, 1.165) is 43.1 Å². The van der Waals surface area contributed by atoms with Gasteiger partial charge in [-0.05, 0) is 37.8 Å². The van der Waals surface area contributed by atoms with Gasteiger partial charge in [-0.15, -0.1) is 0 Å². The summed E-state index contributed by atoms with van der Waals surface area (Å²) in [5, 5.41) is 6.99. The van der Waals surface area contributed by atoms with Gasteiger partial charge in [0.05, 0.1) is 11.8 Å². The second-order valence-corrected chi connectivity index (χ2v) is 7.19. The number of hydrogen-bond donors (Lipinski definition) is 2. The van der Waals surface area contributed by atoms with E-state index < -0.39 is 0 Å². The van der Waals surface area contributed by atoms with Gasteiger partial charge in [0.2, 0.25) is 5.95 Å². The second-order valence-electron chi connectivity index (χ2n) is 7.19. The van der Waals surface area contributed by atoms with E-state index in [4.69, 9.17) is 14.7 Å². The first-order valence-electron chi connectivity index (χ1n) is 9.78. The van der Waals surface area contributed by atoms with Crippen molar-refractivity contribution in [1.29, 1.82) is 0 Å². The summed E-state index contributed by atoms with van der Waals surface area (Å²) in [7, 11) is 0. The molecule has 26 heavy (non-hydrogen) atoms. The molecule has 0 bridgehead atoms. The maximum Gasteiger partial charge on any atom is 0.225 e. The van der Waals surface area contributed by atoms with Crippen molar-refractivity contribution in [2.45, 2.75) is 57.1 Å². The lowest BCUT2D eigenvalue weighted by atomic mass is 9.96. The maximum atomic E-state index is 5.71. The van der Waals surface area contributed by atoms with Crippen molar-refractivity contribution in [3.05, 3.63) is 30.6 Å². The molecule has 6 heteroatoms. The van der Waals surface area contributed by atoms with Gasteiger partial charge < -0.3 is 15.4 Å². The fraction of sp³-hybridized carbons (Fsp3) is 0.550. The van der Waals surface area contributed by atoms with E-state index in [1.54, 1.807) is 12.4 Å². The van der Waals surface area contributed by atoms with Gasteiger partial charge >= 0.3 is 0 Å². The molecule has 0 amide bonds. The normalized spacial score (nSPS) is 20.8. The molecule has 0 unspecified atom stereocenters. The van der Waals surface area contributed by atoms with Gasteiger partial charge in [0, 0.05) is 43.2 Å². The molecule has 3 heterocycles. The quantitative estimate of drug-likeness (QED) is 0.821. The van der Waals surface area contributed by atoms with Crippen LogP contribution in [0.2, 0.25) is 0 Å². The molecule has 2 fully saturated rings. The van der Waals surface area contributed by atoms with E-state index in [2.05, 4.69) is 15.6 Å². The number of pyridine rings is 1. The molecule has 1 aliphatic heterocycles. The zero-order valence-corrected chi connectivity index (χ0v) is 15.2. The average Bonchev–Trinajstić information content (AvgIpc) is 3.21. The second kappa shape index (κ2) is 8.45. The number of anilines is 2. The standard InChI is InChI=1S/C20H27N5O/c1-2-5-16(6-3-1)23-20-24-18(15-8-10-21-11-9-15)13-19(25-20)22-14-17-7-4-12-26-17/h8-11,13,16-17H,1-7,12,14H2,(H2,22,23,24,25)/t17-/m1/s1. The van der Waals surface area contributed by atoms with Crippen LogP contribution in [0.1, 0.15) is 44.9 Å². The Bertz CT molecular complexity index is 697. The minimum Gasteiger partial charge on any atom is -0.376 e. The smallest absolute Gasteiger partial charge is 0.225 e. The van der Waals surface area contributed by atoms with Crippen LogP contribution >= 0.6 is 0 Å². The van der Waals surface area contributed by atoms with Crippen molar-refractivity contribution in [3.8, 4) is 11.3 Å². The van der Waals surface area contributed by atoms with E-state index in [9.17, 15) is 0 Å². The van der Waals surface area contributed by atoms with Gasteiger partial charge in [0.15, 0.2) is 0 Å². The molecule has 4 rings (SSSR count). The molecule has 2 aliphatic rings. The van der Waals surface area contributed by atoms with Crippen LogP contribution in [0, 0.1) is 0 Å². The molecular weight excluding hydrogens is 326 g/mol. The lowest BCUT2D eigenvalue weighted by molar-refractivity contribution is 0.120. The summed E-state index contributed by atoms with van der Waals surface area (Å²) in [6, 6.07) is 6.45. The minimum atomic E-state index is 0.282. The number of ether oxygens (including phenoxy) is 1. The van der Waals surface area contributed by atoms with Crippen molar-refractivity contribution in [2.75, 3.05) is 23.8 Å². The molecule has 2 aromatic rings. The Balaban J connectivity index is 1.54. The van der Waals surface area contributed by atoms with Crippen LogP contribution < -0.4 is 10.6 Å². The van der Waals surface area contributed by atoms with Crippen LogP contribution in [-0.4, -0.2) is 40.2 Å². The molecule has 6 nitrogen and oxygen atoms in total. The first kappa shape index (κ1) is 17.2. The molecule has 1 atom stereocenters. The number of nitrogens with one attached hydrogen (secondary N) is 2. The van der Waals surface area contributed by atoms with E-state index in [1.165, 1.54) is 32.1 Å². The maximum absolute atomic E-state index is 5.71. The van der Waals surface area contributed by atoms with E-state index >= 15 is 0 Å². The molecule has 1 aliphatic carbocycles.